The molecule has 1 aliphatic rings. The number of aliphatic hydroxyl groups is 1. The van der Waals surface area contributed by atoms with Gasteiger partial charge in [-0.15, -0.1) is 0 Å². The van der Waals surface area contributed by atoms with Crippen molar-refractivity contribution in [3.8, 4) is 0 Å². The van der Waals surface area contributed by atoms with Crippen LogP contribution in [-0.2, 0) is 10.4 Å². The normalized spacial score (nSPS) is 20.1. The van der Waals surface area contributed by atoms with Crippen molar-refractivity contribution < 1.29 is 14.7 Å². The molecule has 0 saturated carbocycles. The van der Waals surface area contributed by atoms with E-state index >= 15 is 0 Å². The third kappa shape index (κ3) is 2.10. The van der Waals surface area contributed by atoms with Gasteiger partial charge in [0.1, 0.15) is 0 Å². The van der Waals surface area contributed by atoms with Crippen molar-refractivity contribution in [2.75, 3.05) is 11.4 Å². The molecule has 5 nitrogen and oxygen atoms in total. The Kier molecular flexibility index (Phi) is 3.50. The van der Waals surface area contributed by atoms with Gasteiger partial charge in [-0.3, -0.25) is 14.6 Å². The number of carbonyl (C=O) groups excluding carboxylic acids is 2. The SMILES string of the molecule is CCN1C(=O)C(O)(CC(=O)c2ccncc2)c2ccccc21. The average Bonchev–Trinajstić information content (AvgIpc) is 2.76. The first-order valence-corrected chi connectivity index (χ1v) is 7.15. The van der Waals surface area contributed by atoms with Crippen LogP contribution in [-0.4, -0.2) is 28.3 Å². The van der Waals surface area contributed by atoms with E-state index in [9.17, 15) is 14.7 Å². The Labute approximate surface area is 128 Å². The molecule has 0 bridgehead atoms. The minimum Gasteiger partial charge on any atom is -0.375 e. The van der Waals surface area contributed by atoms with Gasteiger partial charge in [0.15, 0.2) is 11.4 Å². The predicted octanol–water partition coefficient (Wildman–Crippen LogP) is 1.91. The Hall–Kier alpha value is -2.53. The molecule has 2 heterocycles. The van der Waals surface area contributed by atoms with Crippen LogP contribution in [0, 0.1) is 0 Å². The van der Waals surface area contributed by atoms with Gasteiger partial charge in [-0.1, -0.05) is 18.2 Å². The lowest BCUT2D eigenvalue weighted by atomic mass is 9.88. The van der Waals surface area contributed by atoms with E-state index in [0.29, 0.717) is 23.4 Å². The highest BCUT2D eigenvalue weighted by Crippen LogP contribution is 2.42. The van der Waals surface area contributed by atoms with Crippen LogP contribution in [0.3, 0.4) is 0 Å². The second-order valence-electron chi connectivity index (χ2n) is 5.26. The van der Waals surface area contributed by atoms with Gasteiger partial charge in [0, 0.05) is 30.1 Å². The molecule has 1 amide bonds. The number of hydrogen-bond donors (Lipinski definition) is 1. The molecule has 1 N–H and O–H groups in total. The van der Waals surface area contributed by atoms with Crippen LogP contribution in [0.1, 0.15) is 29.3 Å². The van der Waals surface area contributed by atoms with Crippen LogP contribution in [0.5, 0.6) is 0 Å². The van der Waals surface area contributed by atoms with Gasteiger partial charge in [-0.05, 0) is 25.1 Å². The smallest absolute Gasteiger partial charge is 0.264 e. The molecular formula is C17H16N2O3. The van der Waals surface area contributed by atoms with Crippen molar-refractivity contribution in [2.45, 2.75) is 18.9 Å². The molecule has 1 aliphatic heterocycles. The fourth-order valence-corrected chi connectivity index (χ4v) is 2.86. The summed E-state index contributed by atoms with van der Waals surface area (Å²) in [6, 6.07) is 10.2. The number of benzene rings is 1. The minimum absolute atomic E-state index is 0.274. The maximum Gasteiger partial charge on any atom is 0.264 e. The van der Waals surface area contributed by atoms with E-state index in [1.165, 1.54) is 17.3 Å². The monoisotopic (exact) mass is 296 g/mol. The number of Topliss-reactive ketones (excluding diaryl/α,β-unsaturated/α-hetero) is 1. The quantitative estimate of drug-likeness (QED) is 0.875. The summed E-state index contributed by atoms with van der Waals surface area (Å²) >= 11 is 0. The molecule has 0 fully saturated rings. The maximum atomic E-state index is 12.6. The number of pyridine rings is 1. The first-order valence-electron chi connectivity index (χ1n) is 7.15. The van der Waals surface area contributed by atoms with Crippen LogP contribution in [0.25, 0.3) is 0 Å². The van der Waals surface area contributed by atoms with Gasteiger partial charge in [0.2, 0.25) is 0 Å². The molecule has 0 radical (unpaired) electrons. The van der Waals surface area contributed by atoms with Gasteiger partial charge >= 0.3 is 0 Å². The fourth-order valence-electron chi connectivity index (χ4n) is 2.86. The van der Waals surface area contributed by atoms with Crippen molar-refractivity contribution >= 4 is 17.4 Å². The molecule has 22 heavy (non-hydrogen) atoms. The molecule has 0 aliphatic carbocycles. The number of aromatic nitrogens is 1. The summed E-state index contributed by atoms with van der Waals surface area (Å²) in [6.07, 6.45) is 2.75. The average molecular weight is 296 g/mol. The second kappa shape index (κ2) is 5.35. The number of carbonyl (C=O) groups is 2. The predicted molar refractivity (Wildman–Crippen MR) is 81.6 cm³/mol. The highest BCUT2D eigenvalue weighted by molar-refractivity contribution is 6.10. The first-order chi connectivity index (χ1) is 10.6. The first kappa shape index (κ1) is 14.4. The topological polar surface area (TPSA) is 70.5 Å². The number of hydrogen-bond acceptors (Lipinski definition) is 4. The van der Waals surface area contributed by atoms with Gasteiger partial charge in [0.25, 0.3) is 5.91 Å². The number of likely N-dealkylation sites (N-methyl/N-ethyl adjacent to an activating group) is 1. The van der Waals surface area contributed by atoms with Crippen molar-refractivity contribution in [3.05, 3.63) is 59.9 Å². The Morgan fingerprint density at radius 2 is 1.91 bits per heavy atom. The summed E-state index contributed by atoms with van der Waals surface area (Å²) in [5, 5.41) is 10.9. The minimum atomic E-state index is -1.80. The van der Waals surface area contributed by atoms with Gasteiger partial charge < -0.3 is 10.0 Å². The molecule has 0 spiro atoms. The largest absolute Gasteiger partial charge is 0.375 e. The summed E-state index contributed by atoms with van der Waals surface area (Å²) in [6.45, 7) is 2.28. The fraction of sp³-hybridized carbons (Fsp3) is 0.235. The standard InChI is InChI=1S/C17H16N2O3/c1-2-19-14-6-4-3-5-13(14)17(22,16(19)21)11-15(20)12-7-9-18-10-8-12/h3-10,22H,2,11H2,1H3. The lowest BCUT2D eigenvalue weighted by Gasteiger charge is -2.22. The second-order valence-corrected chi connectivity index (χ2v) is 5.26. The van der Waals surface area contributed by atoms with Crippen molar-refractivity contribution in [2.24, 2.45) is 0 Å². The summed E-state index contributed by atoms with van der Waals surface area (Å²) in [5.74, 6) is -0.732. The third-order valence-corrected chi connectivity index (χ3v) is 3.97. The molecule has 0 saturated heterocycles. The maximum absolute atomic E-state index is 12.6. The van der Waals surface area contributed by atoms with Gasteiger partial charge in [-0.2, -0.15) is 0 Å². The zero-order chi connectivity index (χ0) is 15.7. The van der Waals surface area contributed by atoms with E-state index in [1.807, 2.05) is 13.0 Å². The molecule has 5 heteroatoms. The lowest BCUT2D eigenvalue weighted by molar-refractivity contribution is -0.135. The van der Waals surface area contributed by atoms with Crippen LogP contribution >= 0.6 is 0 Å². The van der Waals surface area contributed by atoms with Crippen molar-refractivity contribution in [1.29, 1.82) is 0 Å². The Bertz CT molecular complexity index is 730. The number of anilines is 1. The Morgan fingerprint density at radius 3 is 2.59 bits per heavy atom. The number of para-hydroxylation sites is 1. The van der Waals surface area contributed by atoms with E-state index in [4.69, 9.17) is 0 Å². The number of amides is 1. The molecular weight excluding hydrogens is 280 g/mol. The number of fused-ring (bicyclic) bond motifs is 1. The zero-order valence-corrected chi connectivity index (χ0v) is 12.2. The van der Waals surface area contributed by atoms with E-state index < -0.39 is 11.5 Å². The third-order valence-electron chi connectivity index (χ3n) is 3.97. The highest BCUT2D eigenvalue weighted by Gasteiger charge is 2.50. The van der Waals surface area contributed by atoms with Crippen molar-refractivity contribution in [1.82, 2.24) is 4.98 Å². The molecule has 1 aromatic carbocycles. The summed E-state index contributed by atoms with van der Waals surface area (Å²) in [7, 11) is 0. The molecule has 1 atom stereocenters. The molecule has 112 valence electrons. The van der Waals surface area contributed by atoms with E-state index in [0.717, 1.165) is 0 Å². The number of rotatable bonds is 4. The Balaban J connectivity index is 1.99. The zero-order valence-electron chi connectivity index (χ0n) is 12.2. The summed E-state index contributed by atoms with van der Waals surface area (Å²) < 4.78 is 0. The van der Waals surface area contributed by atoms with E-state index in [1.54, 1.807) is 30.3 Å². The van der Waals surface area contributed by atoms with Crippen LogP contribution in [0.15, 0.2) is 48.8 Å². The van der Waals surface area contributed by atoms with Gasteiger partial charge in [-0.25, -0.2) is 0 Å². The molecule has 1 unspecified atom stereocenters. The number of nitrogens with zero attached hydrogens (tertiary/aromatic N) is 2. The van der Waals surface area contributed by atoms with Crippen LogP contribution in [0.2, 0.25) is 0 Å². The summed E-state index contributed by atoms with van der Waals surface area (Å²) in [4.78, 5) is 30.4. The Morgan fingerprint density at radius 1 is 1.23 bits per heavy atom. The molecule has 3 rings (SSSR count). The van der Waals surface area contributed by atoms with Crippen molar-refractivity contribution in [3.63, 3.8) is 0 Å². The van der Waals surface area contributed by atoms with Crippen LogP contribution in [0.4, 0.5) is 5.69 Å². The molecule has 1 aromatic heterocycles. The van der Waals surface area contributed by atoms with E-state index in [2.05, 4.69) is 4.98 Å². The number of ketones is 1. The van der Waals surface area contributed by atoms with Gasteiger partial charge in [0.05, 0.1) is 12.1 Å². The lowest BCUT2D eigenvalue weighted by Crippen LogP contribution is -2.41. The molecule has 2 aromatic rings. The summed E-state index contributed by atoms with van der Waals surface area (Å²) in [5.41, 5.74) is -0.208. The van der Waals surface area contributed by atoms with E-state index in [-0.39, 0.29) is 12.2 Å². The highest BCUT2D eigenvalue weighted by atomic mass is 16.3. The van der Waals surface area contributed by atoms with Crippen LogP contribution < -0.4 is 4.90 Å².